The van der Waals surface area contributed by atoms with Crippen molar-refractivity contribution < 1.29 is 19.0 Å². The number of carbonyl (C=O) groups is 1. The van der Waals surface area contributed by atoms with Crippen LogP contribution in [0.25, 0.3) is 32.9 Å². The molecule has 12 heteroatoms. The molecule has 2 aliphatic heterocycles. The molecule has 1 N–H and O–H groups in total. The Morgan fingerprint density at radius 3 is 2.35 bits per heavy atom. The lowest BCUT2D eigenvalue weighted by atomic mass is 9.94. The van der Waals surface area contributed by atoms with Crippen LogP contribution in [0.3, 0.4) is 0 Å². The van der Waals surface area contributed by atoms with Crippen molar-refractivity contribution in [1.82, 2.24) is 30.0 Å². The molecular formula is C34H42ClN7O4. The Kier molecular flexibility index (Phi) is 8.09. The van der Waals surface area contributed by atoms with Gasteiger partial charge in [0, 0.05) is 61.2 Å². The second-order valence-corrected chi connectivity index (χ2v) is 14.2. The number of aromatic amines is 1. The van der Waals surface area contributed by atoms with Crippen molar-refractivity contribution >= 4 is 45.3 Å². The number of benzene rings is 2. The number of ether oxygens (including phenoxy) is 3. The average molecular weight is 648 g/mol. The number of aryl methyl sites for hydroxylation is 1. The maximum atomic E-state index is 12.8. The first-order valence-electron chi connectivity index (χ1n) is 16.3. The SMILES string of the molecule is Cc1ccc2[nH]ncc2c1-c1c(Cl)cc2c(N3CCN(C(=O)OC(C)(C)C)CC3)nc(OC3CCN(C)CC3)nc2c1OC1CC1. The monoisotopic (exact) mass is 647 g/mol. The molecule has 1 aliphatic carbocycles. The molecule has 0 radical (unpaired) electrons. The van der Waals surface area contributed by atoms with Gasteiger partial charge in [0.2, 0.25) is 0 Å². The number of hydrogen-bond donors (Lipinski definition) is 1. The van der Waals surface area contributed by atoms with E-state index >= 15 is 0 Å². The van der Waals surface area contributed by atoms with Gasteiger partial charge >= 0.3 is 12.1 Å². The van der Waals surface area contributed by atoms with Gasteiger partial charge in [0.05, 0.1) is 22.8 Å². The Bertz CT molecular complexity index is 1770. The van der Waals surface area contributed by atoms with Crippen LogP contribution in [0.15, 0.2) is 24.4 Å². The lowest BCUT2D eigenvalue weighted by Gasteiger charge is -2.36. The third-order valence-electron chi connectivity index (χ3n) is 8.92. The number of fused-ring (bicyclic) bond motifs is 2. The number of piperazine rings is 1. The number of nitrogens with zero attached hydrogens (tertiary/aromatic N) is 6. The summed E-state index contributed by atoms with van der Waals surface area (Å²) < 4.78 is 18.9. The normalized spacial score (nSPS) is 18.4. The van der Waals surface area contributed by atoms with Crippen molar-refractivity contribution in [1.29, 1.82) is 0 Å². The summed E-state index contributed by atoms with van der Waals surface area (Å²) in [5.41, 5.74) is 3.88. The number of H-pyrrole nitrogens is 1. The van der Waals surface area contributed by atoms with E-state index < -0.39 is 5.60 Å². The van der Waals surface area contributed by atoms with Crippen LogP contribution in [0.4, 0.5) is 10.6 Å². The molecule has 1 saturated carbocycles. The smallest absolute Gasteiger partial charge is 0.410 e. The number of hydrogen-bond acceptors (Lipinski definition) is 9. The van der Waals surface area contributed by atoms with E-state index in [0.717, 1.165) is 77.6 Å². The van der Waals surface area contributed by atoms with E-state index in [2.05, 4.69) is 40.0 Å². The summed E-state index contributed by atoms with van der Waals surface area (Å²) in [7, 11) is 2.13. The van der Waals surface area contributed by atoms with Crippen LogP contribution in [0.1, 0.15) is 52.0 Å². The van der Waals surface area contributed by atoms with Crippen molar-refractivity contribution in [2.45, 2.75) is 71.2 Å². The molecule has 0 bridgehead atoms. The Hall–Kier alpha value is -3.83. The van der Waals surface area contributed by atoms with E-state index in [9.17, 15) is 4.79 Å². The van der Waals surface area contributed by atoms with E-state index in [1.165, 1.54) is 0 Å². The molecule has 46 heavy (non-hydrogen) atoms. The number of rotatable bonds is 6. The highest BCUT2D eigenvalue weighted by molar-refractivity contribution is 6.35. The molecule has 3 aliphatic rings. The van der Waals surface area contributed by atoms with E-state index in [4.69, 9.17) is 35.8 Å². The van der Waals surface area contributed by atoms with Crippen LogP contribution in [-0.2, 0) is 4.74 Å². The summed E-state index contributed by atoms with van der Waals surface area (Å²) in [4.78, 5) is 29.2. The lowest BCUT2D eigenvalue weighted by molar-refractivity contribution is 0.0240. The zero-order valence-corrected chi connectivity index (χ0v) is 28.0. The molecule has 1 amide bonds. The molecule has 2 saturated heterocycles. The summed E-state index contributed by atoms with van der Waals surface area (Å²) in [6.07, 6.45) is 5.41. The molecule has 0 spiro atoms. The van der Waals surface area contributed by atoms with Crippen LogP contribution in [0.5, 0.6) is 11.8 Å². The van der Waals surface area contributed by atoms with E-state index in [1.807, 2.05) is 39.1 Å². The molecule has 2 aromatic carbocycles. The zero-order chi connectivity index (χ0) is 32.2. The summed E-state index contributed by atoms with van der Waals surface area (Å²) in [5, 5.41) is 9.73. The fraction of sp³-hybridized carbons (Fsp3) is 0.529. The highest BCUT2D eigenvalue weighted by atomic mass is 35.5. The highest BCUT2D eigenvalue weighted by Crippen LogP contribution is 2.49. The first-order chi connectivity index (χ1) is 22.0. The first-order valence-corrected chi connectivity index (χ1v) is 16.6. The minimum absolute atomic E-state index is 0.0204. The van der Waals surface area contributed by atoms with E-state index in [0.29, 0.717) is 48.5 Å². The molecule has 4 aromatic rings. The minimum Gasteiger partial charge on any atom is -0.487 e. The quantitative estimate of drug-likeness (QED) is 0.261. The maximum absolute atomic E-state index is 12.8. The number of piperidine rings is 1. The van der Waals surface area contributed by atoms with Gasteiger partial charge in [-0.05, 0) is 78.1 Å². The van der Waals surface area contributed by atoms with Crippen molar-refractivity contribution in [2.75, 3.05) is 51.2 Å². The van der Waals surface area contributed by atoms with Crippen molar-refractivity contribution in [3.05, 3.63) is 35.0 Å². The summed E-state index contributed by atoms with van der Waals surface area (Å²) in [6, 6.07) is 6.39. The molecule has 0 unspecified atom stereocenters. The van der Waals surface area contributed by atoms with Gasteiger partial charge in [0.1, 0.15) is 23.0 Å². The fourth-order valence-electron chi connectivity index (χ4n) is 6.30. The fourth-order valence-corrected chi connectivity index (χ4v) is 6.59. The van der Waals surface area contributed by atoms with Crippen LogP contribution in [0, 0.1) is 6.92 Å². The van der Waals surface area contributed by atoms with Crippen molar-refractivity contribution in [3.63, 3.8) is 0 Å². The van der Waals surface area contributed by atoms with Crippen LogP contribution in [-0.4, -0.2) is 100 Å². The van der Waals surface area contributed by atoms with Crippen molar-refractivity contribution in [2.24, 2.45) is 0 Å². The van der Waals surface area contributed by atoms with E-state index in [-0.39, 0.29) is 18.3 Å². The Labute approximate surface area is 274 Å². The highest BCUT2D eigenvalue weighted by Gasteiger charge is 2.33. The zero-order valence-electron chi connectivity index (χ0n) is 27.2. The molecular weight excluding hydrogens is 606 g/mol. The predicted octanol–water partition coefficient (Wildman–Crippen LogP) is 6.21. The number of nitrogens with one attached hydrogen (secondary N) is 1. The molecule has 11 nitrogen and oxygen atoms in total. The van der Waals surface area contributed by atoms with Gasteiger partial charge in [-0.15, -0.1) is 0 Å². The van der Waals surface area contributed by atoms with Gasteiger partial charge in [-0.3, -0.25) is 5.10 Å². The molecule has 3 fully saturated rings. The second kappa shape index (κ2) is 12.1. The first kappa shape index (κ1) is 30.8. The van der Waals surface area contributed by atoms with Crippen LogP contribution < -0.4 is 14.4 Å². The van der Waals surface area contributed by atoms with Gasteiger partial charge in [0.25, 0.3) is 0 Å². The van der Waals surface area contributed by atoms with Gasteiger partial charge in [-0.2, -0.15) is 15.1 Å². The standard InChI is InChI=1S/C34H42ClN7O4/c1-20-6-9-26-24(19-36-39-26)27(20)28-25(35)18-23-29(30(28)44-21-7-8-21)37-32(45-22-10-12-40(5)13-11-22)38-31(23)41-14-16-42(17-15-41)33(43)46-34(2,3)4/h6,9,18-19,21-22H,7-8,10-17H2,1-5H3,(H,36,39). The Morgan fingerprint density at radius 2 is 1.65 bits per heavy atom. The topological polar surface area (TPSA) is 109 Å². The maximum Gasteiger partial charge on any atom is 0.410 e. The summed E-state index contributed by atoms with van der Waals surface area (Å²) in [6.45, 7) is 11.8. The van der Waals surface area contributed by atoms with Gasteiger partial charge in [-0.25, -0.2) is 4.79 Å². The third-order valence-corrected chi connectivity index (χ3v) is 9.22. The Balaban J connectivity index is 1.34. The molecule has 7 rings (SSSR count). The van der Waals surface area contributed by atoms with Gasteiger partial charge in [0.15, 0.2) is 5.75 Å². The number of amides is 1. The molecule has 2 aromatic heterocycles. The van der Waals surface area contributed by atoms with Crippen molar-refractivity contribution in [3.8, 4) is 22.9 Å². The number of aromatic nitrogens is 4. The molecule has 4 heterocycles. The van der Waals surface area contributed by atoms with Gasteiger partial charge < -0.3 is 28.9 Å². The number of anilines is 1. The number of halogens is 1. The predicted molar refractivity (Wildman–Crippen MR) is 179 cm³/mol. The largest absolute Gasteiger partial charge is 0.487 e. The summed E-state index contributed by atoms with van der Waals surface area (Å²) >= 11 is 7.24. The Morgan fingerprint density at radius 1 is 0.935 bits per heavy atom. The summed E-state index contributed by atoms with van der Waals surface area (Å²) in [5.74, 6) is 1.37. The minimum atomic E-state index is -0.553. The molecule has 0 atom stereocenters. The third kappa shape index (κ3) is 6.27. The van der Waals surface area contributed by atoms with Gasteiger partial charge in [-0.1, -0.05) is 17.7 Å². The lowest BCUT2D eigenvalue weighted by Crippen LogP contribution is -2.50. The number of likely N-dealkylation sites (tertiary alicyclic amines) is 1. The number of carbonyl (C=O) groups excluding carboxylic acids is 1. The second-order valence-electron chi connectivity index (χ2n) is 13.8. The average Bonchev–Trinajstić information content (AvgIpc) is 3.71. The van der Waals surface area contributed by atoms with Crippen LogP contribution >= 0.6 is 11.6 Å². The molecule has 244 valence electrons. The van der Waals surface area contributed by atoms with E-state index in [1.54, 1.807) is 4.90 Å². The van der Waals surface area contributed by atoms with Crippen LogP contribution in [0.2, 0.25) is 5.02 Å².